The summed E-state index contributed by atoms with van der Waals surface area (Å²) in [5.41, 5.74) is 10.8. The number of aryl methyl sites for hydroxylation is 2. The van der Waals surface area contributed by atoms with E-state index in [-0.39, 0.29) is 0 Å². The first-order valence-electron chi connectivity index (χ1n) is 8.74. The second-order valence-corrected chi connectivity index (χ2v) is 7.53. The number of fused-ring (bicyclic) bond motifs is 2. The number of hydrogen-bond donors (Lipinski definition) is 1. The van der Waals surface area contributed by atoms with E-state index in [9.17, 15) is 0 Å². The molecule has 4 rings (SSSR count). The third kappa shape index (κ3) is 3.28. The van der Waals surface area contributed by atoms with Crippen molar-refractivity contribution in [2.45, 2.75) is 37.1 Å². The van der Waals surface area contributed by atoms with Gasteiger partial charge in [0.15, 0.2) is 27.3 Å². The van der Waals surface area contributed by atoms with Gasteiger partial charge in [0, 0.05) is 13.6 Å². The number of rotatable bonds is 5. The van der Waals surface area contributed by atoms with Crippen molar-refractivity contribution in [3.8, 4) is 0 Å². The van der Waals surface area contributed by atoms with E-state index in [1.165, 1.54) is 23.7 Å². The molecule has 0 spiro atoms. The van der Waals surface area contributed by atoms with Gasteiger partial charge in [-0.1, -0.05) is 23.8 Å². The summed E-state index contributed by atoms with van der Waals surface area (Å²) in [4.78, 5) is 18.0. The number of para-hydroxylation sites is 2. The van der Waals surface area contributed by atoms with E-state index in [1.54, 1.807) is 0 Å². The van der Waals surface area contributed by atoms with E-state index >= 15 is 0 Å². The van der Waals surface area contributed by atoms with Gasteiger partial charge in [-0.3, -0.25) is 0 Å². The zero-order chi connectivity index (χ0) is 19.0. The predicted octanol–water partition coefficient (Wildman–Crippen LogP) is 3.80. The number of nitrogens with zero attached hydrogens (tertiary/aromatic N) is 6. The molecule has 0 aliphatic rings. The van der Waals surface area contributed by atoms with Crippen LogP contribution >= 0.6 is 11.8 Å². The molecule has 0 radical (unpaired) electrons. The van der Waals surface area contributed by atoms with Gasteiger partial charge in [0.1, 0.15) is 6.33 Å². The number of aromatic nitrogens is 6. The Morgan fingerprint density at radius 2 is 1.96 bits per heavy atom. The van der Waals surface area contributed by atoms with Gasteiger partial charge in [0.25, 0.3) is 0 Å². The lowest BCUT2D eigenvalue weighted by molar-refractivity contribution is 0.652. The lowest BCUT2D eigenvalue weighted by Crippen LogP contribution is -2.02. The van der Waals surface area contributed by atoms with Gasteiger partial charge in [0.2, 0.25) is 0 Å². The number of anilines is 1. The molecular weight excluding hydrogens is 358 g/mol. The molecule has 0 aliphatic heterocycles. The summed E-state index contributed by atoms with van der Waals surface area (Å²) in [6.45, 7) is 4.97. The zero-order valence-corrected chi connectivity index (χ0v) is 16.4. The van der Waals surface area contributed by atoms with Crippen LogP contribution in [-0.2, 0) is 13.6 Å². The smallest absolute Gasteiger partial charge is 0.178 e. The van der Waals surface area contributed by atoms with Gasteiger partial charge in [-0.05, 0) is 44.2 Å². The summed E-state index contributed by atoms with van der Waals surface area (Å²) in [5.74, 6) is 0.396. The van der Waals surface area contributed by atoms with Crippen LogP contribution in [0.5, 0.6) is 0 Å². The molecule has 2 N–H and O–H groups in total. The minimum Gasteiger partial charge on any atom is -0.382 e. The monoisotopic (exact) mass is 379 g/mol. The van der Waals surface area contributed by atoms with Crippen LogP contribution in [-0.4, -0.2) is 29.1 Å². The topological polar surface area (TPSA) is 87.4 Å². The van der Waals surface area contributed by atoms with Crippen LogP contribution in [0.2, 0.25) is 0 Å². The van der Waals surface area contributed by atoms with E-state index in [0.29, 0.717) is 11.3 Å². The van der Waals surface area contributed by atoms with E-state index in [1.807, 2.05) is 25.2 Å². The molecule has 7 nitrogen and oxygen atoms in total. The molecule has 27 heavy (non-hydrogen) atoms. The second-order valence-electron chi connectivity index (χ2n) is 6.59. The molecule has 0 aliphatic carbocycles. The molecule has 8 heteroatoms. The Morgan fingerprint density at radius 1 is 1.15 bits per heavy atom. The minimum absolute atomic E-state index is 0.396. The molecule has 3 aromatic heterocycles. The van der Waals surface area contributed by atoms with Crippen molar-refractivity contribution in [2.75, 3.05) is 5.73 Å². The SMILES string of the molecule is CC(C)=CCCn1c(Sc2nc3ccccc3n2C)nc2c(N)ncnc21. The predicted molar refractivity (Wildman–Crippen MR) is 109 cm³/mol. The van der Waals surface area contributed by atoms with Crippen molar-refractivity contribution < 1.29 is 0 Å². The molecule has 4 aromatic rings. The van der Waals surface area contributed by atoms with Crippen molar-refractivity contribution >= 4 is 39.8 Å². The molecule has 0 saturated carbocycles. The van der Waals surface area contributed by atoms with Crippen molar-refractivity contribution in [1.82, 2.24) is 29.1 Å². The maximum Gasteiger partial charge on any atom is 0.178 e. The van der Waals surface area contributed by atoms with E-state index in [0.717, 1.165) is 40.0 Å². The molecule has 0 saturated heterocycles. The lowest BCUT2D eigenvalue weighted by Gasteiger charge is -2.07. The highest BCUT2D eigenvalue weighted by atomic mass is 32.2. The molecule has 1 aromatic carbocycles. The molecule has 0 bridgehead atoms. The van der Waals surface area contributed by atoms with Crippen LogP contribution in [0.3, 0.4) is 0 Å². The third-order valence-corrected chi connectivity index (χ3v) is 5.40. The summed E-state index contributed by atoms with van der Waals surface area (Å²) < 4.78 is 4.17. The standard InChI is InChI=1S/C19H21N7S/c1-12(2)7-6-10-26-17-15(16(20)21-11-22-17)24-19(26)27-18-23-13-8-4-5-9-14(13)25(18)3/h4-5,7-9,11H,6,10H2,1-3H3,(H2,20,21,22). The highest BCUT2D eigenvalue weighted by Gasteiger charge is 2.18. The average molecular weight is 379 g/mol. The van der Waals surface area contributed by atoms with Crippen LogP contribution in [0.4, 0.5) is 5.82 Å². The first-order chi connectivity index (χ1) is 13.0. The zero-order valence-electron chi connectivity index (χ0n) is 15.5. The van der Waals surface area contributed by atoms with Gasteiger partial charge in [-0.15, -0.1) is 0 Å². The molecular formula is C19H21N7S. The molecule has 0 fully saturated rings. The largest absolute Gasteiger partial charge is 0.382 e. The Hall–Kier alpha value is -2.87. The molecule has 138 valence electrons. The van der Waals surface area contributed by atoms with Crippen molar-refractivity contribution in [1.29, 1.82) is 0 Å². The van der Waals surface area contributed by atoms with Crippen molar-refractivity contribution in [3.63, 3.8) is 0 Å². The van der Waals surface area contributed by atoms with Crippen molar-refractivity contribution in [2.24, 2.45) is 7.05 Å². The number of nitrogen functional groups attached to an aromatic ring is 1. The normalized spacial score (nSPS) is 11.4. The molecule has 0 amide bonds. The second kappa shape index (κ2) is 7.03. The van der Waals surface area contributed by atoms with Crippen LogP contribution in [0.25, 0.3) is 22.2 Å². The van der Waals surface area contributed by atoms with Crippen LogP contribution < -0.4 is 5.73 Å². The first kappa shape index (κ1) is 17.5. The Bertz CT molecular complexity index is 1150. The van der Waals surface area contributed by atoms with E-state index in [4.69, 9.17) is 15.7 Å². The van der Waals surface area contributed by atoms with E-state index < -0.39 is 0 Å². The number of allylic oxidation sites excluding steroid dienone is 2. The summed E-state index contributed by atoms with van der Waals surface area (Å²) >= 11 is 1.52. The van der Waals surface area contributed by atoms with Crippen LogP contribution in [0, 0.1) is 0 Å². The first-order valence-corrected chi connectivity index (χ1v) is 9.55. The van der Waals surface area contributed by atoms with Crippen molar-refractivity contribution in [3.05, 3.63) is 42.2 Å². The fourth-order valence-corrected chi connectivity index (χ4v) is 3.96. The molecule has 3 heterocycles. The molecule has 0 unspecified atom stereocenters. The Kier molecular flexibility index (Phi) is 4.57. The summed E-state index contributed by atoms with van der Waals surface area (Å²) in [7, 11) is 2.02. The van der Waals surface area contributed by atoms with Gasteiger partial charge >= 0.3 is 0 Å². The number of imidazole rings is 2. The van der Waals surface area contributed by atoms with Gasteiger partial charge in [-0.25, -0.2) is 19.9 Å². The average Bonchev–Trinajstić information content (AvgIpc) is 3.15. The highest BCUT2D eigenvalue weighted by Crippen LogP contribution is 2.32. The van der Waals surface area contributed by atoms with Gasteiger partial charge in [0.05, 0.1) is 11.0 Å². The highest BCUT2D eigenvalue weighted by molar-refractivity contribution is 7.99. The summed E-state index contributed by atoms with van der Waals surface area (Å²) in [6, 6.07) is 8.09. The quantitative estimate of drug-likeness (QED) is 0.531. The fourth-order valence-electron chi connectivity index (χ4n) is 2.99. The fraction of sp³-hybridized carbons (Fsp3) is 0.263. The minimum atomic E-state index is 0.396. The Morgan fingerprint density at radius 3 is 2.74 bits per heavy atom. The summed E-state index contributed by atoms with van der Waals surface area (Å²) in [5, 5.41) is 1.69. The molecule has 0 atom stereocenters. The number of hydrogen-bond acceptors (Lipinski definition) is 6. The van der Waals surface area contributed by atoms with E-state index in [2.05, 4.69) is 45.1 Å². The van der Waals surface area contributed by atoms with Gasteiger partial charge < -0.3 is 14.9 Å². The van der Waals surface area contributed by atoms with Crippen LogP contribution in [0.1, 0.15) is 20.3 Å². The maximum absolute atomic E-state index is 6.03. The maximum atomic E-state index is 6.03. The lowest BCUT2D eigenvalue weighted by atomic mass is 10.3. The Balaban J connectivity index is 1.78. The Labute approximate surface area is 161 Å². The van der Waals surface area contributed by atoms with Crippen LogP contribution in [0.15, 0.2) is 52.6 Å². The number of benzene rings is 1. The summed E-state index contributed by atoms with van der Waals surface area (Å²) in [6.07, 6.45) is 4.59. The number of nitrogens with two attached hydrogens (primary N) is 1. The van der Waals surface area contributed by atoms with Gasteiger partial charge in [-0.2, -0.15) is 0 Å². The third-order valence-electron chi connectivity index (χ3n) is 4.36.